The number of pyridine rings is 1. The van der Waals surface area contributed by atoms with E-state index < -0.39 is 0 Å². The molecule has 0 saturated carbocycles. The molecule has 2 aromatic rings. The normalized spacial score (nSPS) is 10.5. The number of carbonyl (C=O) groups is 1. The van der Waals surface area contributed by atoms with Gasteiger partial charge >= 0.3 is 0 Å². The molecule has 0 aromatic carbocycles. The van der Waals surface area contributed by atoms with E-state index in [1.54, 1.807) is 37.1 Å². The maximum atomic E-state index is 12.5. The Balaban J connectivity index is 2.40. The lowest BCUT2D eigenvalue weighted by Gasteiger charge is -2.17. The van der Waals surface area contributed by atoms with Gasteiger partial charge in [-0.3, -0.25) is 14.5 Å². The van der Waals surface area contributed by atoms with E-state index >= 15 is 0 Å². The molecule has 2 rings (SSSR count). The van der Waals surface area contributed by atoms with Crippen LogP contribution >= 0.6 is 0 Å². The van der Waals surface area contributed by atoms with Crippen molar-refractivity contribution in [1.82, 2.24) is 14.8 Å². The van der Waals surface area contributed by atoms with Crippen LogP contribution in [-0.4, -0.2) is 27.7 Å². The highest BCUT2D eigenvalue weighted by atomic mass is 16.2. The van der Waals surface area contributed by atoms with E-state index in [-0.39, 0.29) is 5.91 Å². The minimum Gasteiger partial charge on any atom is -0.395 e. The molecule has 0 fully saturated rings. The molecule has 0 bridgehead atoms. The summed E-state index contributed by atoms with van der Waals surface area (Å²) in [5.41, 5.74) is 8.19. The average molecular weight is 259 g/mol. The Kier molecular flexibility index (Phi) is 3.50. The summed E-state index contributed by atoms with van der Waals surface area (Å²) in [5, 5.41) is 4.25. The van der Waals surface area contributed by atoms with Crippen molar-refractivity contribution in [3.8, 4) is 0 Å². The lowest BCUT2D eigenvalue weighted by Crippen LogP contribution is -2.29. The fraction of sp³-hybridized carbons (Fsp3) is 0.308. The average Bonchev–Trinajstić information content (AvgIpc) is 2.73. The van der Waals surface area contributed by atoms with E-state index in [0.29, 0.717) is 29.3 Å². The van der Waals surface area contributed by atoms with Crippen molar-refractivity contribution < 1.29 is 4.79 Å². The van der Waals surface area contributed by atoms with Gasteiger partial charge in [-0.2, -0.15) is 5.10 Å². The number of carbonyl (C=O) groups excluding carboxylic acids is 1. The molecule has 0 unspecified atom stereocenters. The van der Waals surface area contributed by atoms with Gasteiger partial charge in [-0.05, 0) is 26.0 Å². The molecular weight excluding hydrogens is 242 g/mol. The number of aryl methyl sites for hydroxylation is 2. The second-order valence-corrected chi connectivity index (χ2v) is 4.24. The van der Waals surface area contributed by atoms with Crippen LogP contribution in [0.2, 0.25) is 0 Å². The van der Waals surface area contributed by atoms with Crippen molar-refractivity contribution in [2.75, 3.05) is 17.7 Å². The van der Waals surface area contributed by atoms with Crippen molar-refractivity contribution in [2.45, 2.75) is 20.4 Å². The van der Waals surface area contributed by atoms with Crippen LogP contribution in [0.4, 0.5) is 11.4 Å². The van der Waals surface area contributed by atoms with Crippen molar-refractivity contribution in [2.24, 2.45) is 0 Å². The minimum absolute atomic E-state index is 0.187. The number of anilines is 2. The highest BCUT2D eigenvalue weighted by Gasteiger charge is 2.23. The van der Waals surface area contributed by atoms with Crippen molar-refractivity contribution in [1.29, 1.82) is 0 Å². The number of rotatable bonds is 3. The van der Waals surface area contributed by atoms with Gasteiger partial charge in [0.05, 0.1) is 23.3 Å². The number of nitrogens with zero attached hydrogens (tertiary/aromatic N) is 4. The van der Waals surface area contributed by atoms with Crippen LogP contribution in [0, 0.1) is 6.92 Å². The first kappa shape index (κ1) is 13.1. The Labute approximate surface area is 111 Å². The number of hydrogen-bond donors (Lipinski definition) is 1. The summed E-state index contributed by atoms with van der Waals surface area (Å²) in [7, 11) is 1.70. The molecule has 19 heavy (non-hydrogen) atoms. The van der Waals surface area contributed by atoms with Crippen LogP contribution in [0.3, 0.4) is 0 Å². The predicted molar refractivity (Wildman–Crippen MR) is 74.0 cm³/mol. The van der Waals surface area contributed by atoms with Gasteiger partial charge in [0.15, 0.2) is 0 Å². The second-order valence-electron chi connectivity index (χ2n) is 4.24. The molecule has 2 aromatic heterocycles. The zero-order valence-electron chi connectivity index (χ0n) is 11.3. The zero-order valence-corrected chi connectivity index (χ0v) is 11.3. The fourth-order valence-electron chi connectivity index (χ4n) is 1.88. The summed E-state index contributed by atoms with van der Waals surface area (Å²) in [5.74, 6) is -0.187. The quantitative estimate of drug-likeness (QED) is 0.905. The summed E-state index contributed by atoms with van der Waals surface area (Å²) < 4.78 is 1.62. The molecular formula is C13H17N5O. The smallest absolute Gasteiger partial charge is 0.278 e. The van der Waals surface area contributed by atoms with Crippen molar-refractivity contribution >= 4 is 17.3 Å². The second kappa shape index (κ2) is 5.09. The monoisotopic (exact) mass is 259 g/mol. The molecule has 100 valence electrons. The van der Waals surface area contributed by atoms with Gasteiger partial charge in [-0.1, -0.05) is 0 Å². The molecule has 6 heteroatoms. The van der Waals surface area contributed by atoms with Crippen molar-refractivity contribution in [3.05, 3.63) is 35.9 Å². The fourth-order valence-corrected chi connectivity index (χ4v) is 1.88. The van der Waals surface area contributed by atoms with Crippen molar-refractivity contribution in [3.63, 3.8) is 0 Å². The molecule has 0 saturated heterocycles. The maximum absolute atomic E-state index is 12.5. The minimum atomic E-state index is -0.187. The molecule has 0 atom stereocenters. The maximum Gasteiger partial charge on any atom is 0.278 e. The Bertz CT molecular complexity index is 591. The summed E-state index contributed by atoms with van der Waals surface area (Å²) >= 11 is 0. The van der Waals surface area contributed by atoms with Gasteiger partial charge in [-0.25, -0.2) is 0 Å². The Morgan fingerprint density at radius 1 is 1.53 bits per heavy atom. The van der Waals surface area contributed by atoms with Crippen LogP contribution in [-0.2, 0) is 6.54 Å². The summed E-state index contributed by atoms with van der Waals surface area (Å²) in [4.78, 5) is 18.0. The van der Waals surface area contributed by atoms with Gasteiger partial charge in [0, 0.05) is 19.8 Å². The number of aromatic nitrogens is 3. The van der Waals surface area contributed by atoms with E-state index in [1.807, 2.05) is 13.0 Å². The van der Waals surface area contributed by atoms with E-state index in [1.165, 1.54) is 4.90 Å². The largest absolute Gasteiger partial charge is 0.395 e. The van der Waals surface area contributed by atoms with Gasteiger partial charge in [0.2, 0.25) is 0 Å². The van der Waals surface area contributed by atoms with Gasteiger partial charge < -0.3 is 10.6 Å². The van der Waals surface area contributed by atoms with E-state index in [0.717, 1.165) is 0 Å². The third-order valence-electron chi connectivity index (χ3n) is 3.01. The number of amides is 1. The third-order valence-corrected chi connectivity index (χ3v) is 3.01. The number of nitrogens with two attached hydrogens (primary N) is 1. The SMILES string of the molecule is CCn1nc(C)c(N)c1C(=O)N(C)c1cccnc1. The van der Waals surface area contributed by atoms with Gasteiger partial charge in [0.1, 0.15) is 5.69 Å². The van der Waals surface area contributed by atoms with E-state index in [2.05, 4.69) is 10.1 Å². The molecule has 2 N–H and O–H groups in total. The van der Waals surface area contributed by atoms with Crippen LogP contribution in [0.5, 0.6) is 0 Å². The summed E-state index contributed by atoms with van der Waals surface area (Å²) in [6, 6.07) is 3.60. The zero-order chi connectivity index (χ0) is 14.0. The summed E-state index contributed by atoms with van der Waals surface area (Å²) in [6.45, 7) is 4.31. The lowest BCUT2D eigenvalue weighted by molar-refractivity contribution is 0.0983. The Morgan fingerprint density at radius 2 is 2.26 bits per heavy atom. The molecule has 0 spiro atoms. The Morgan fingerprint density at radius 3 is 2.84 bits per heavy atom. The number of nitrogen functional groups attached to an aromatic ring is 1. The van der Waals surface area contributed by atoms with E-state index in [4.69, 9.17) is 5.73 Å². The molecule has 2 heterocycles. The highest BCUT2D eigenvalue weighted by Crippen LogP contribution is 2.20. The molecule has 0 radical (unpaired) electrons. The third kappa shape index (κ3) is 2.29. The van der Waals surface area contributed by atoms with E-state index in [9.17, 15) is 4.79 Å². The predicted octanol–water partition coefficient (Wildman–Crippen LogP) is 1.47. The molecule has 0 aliphatic heterocycles. The molecule has 6 nitrogen and oxygen atoms in total. The van der Waals surface area contributed by atoms with Crippen LogP contribution in [0.15, 0.2) is 24.5 Å². The lowest BCUT2D eigenvalue weighted by atomic mass is 10.2. The summed E-state index contributed by atoms with van der Waals surface area (Å²) in [6.07, 6.45) is 3.30. The van der Waals surface area contributed by atoms with Crippen LogP contribution < -0.4 is 10.6 Å². The molecule has 0 aliphatic carbocycles. The van der Waals surface area contributed by atoms with Gasteiger partial charge in [-0.15, -0.1) is 0 Å². The van der Waals surface area contributed by atoms with Crippen LogP contribution in [0.1, 0.15) is 23.1 Å². The Hall–Kier alpha value is -2.37. The first-order valence-electron chi connectivity index (χ1n) is 6.07. The van der Waals surface area contributed by atoms with Crippen LogP contribution in [0.25, 0.3) is 0 Å². The standard InChI is InChI=1S/C13H17N5O/c1-4-18-12(11(14)9(2)16-18)13(19)17(3)10-6-5-7-15-8-10/h5-8H,4,14H2,1-3H3. The first-order valence-corrected chi connectivity index (χ1v) is 6.07. The van der Waals surface area contributed by atoms with Gasteiger partial charge in [0.25, 0.3) is 5.91 Å². The highest BCUT2D eigenvalue weighted by molar-refractivity contribution is 6.08. The molecule has 0 aliphatic rings. The number of hydrogen-bond acceptors (Lipinski definition) is 4. The topological polar surface area (TPSA) is 77.0 Å². The first-order chi connectivity index (χ1) is 9.06. The molecule has 1 amide bonds.